The van der Waals surface area contributed by atoms with Gasteiger partial charge in [-0.15, -0.1) is 0 Å². The van der Waals surface area contributed by atoms with Crippen molar-refractivity contribution < 1.29 is 0 Å². The highest BCUT2D eigenvalue weighted by Gasteiger charge is 2.21. The van der Waals surface area contributed by atoms with Crippen LogP contribution in [0.2, 0.25) is 0 Å². The maximum Gasteiger partial charge on any atom is 0.00504 e. The molecule has 0 saturated carbocycles. The van der Waals surface area contributed by atoms with E-state index in [0.29, 0.717) is 5.92 Å². The fourth-order valence-electron chi connectivity index (χ4n) is 3.20. The number of benzene rings is 2. The maximum absolute atomic E-state index is 2.58. The molecule has 1 heteroatoms. The van der Waals surface area contributed by atoms with Crippen LogP contribution in [0.3, 0.4) is 0 Å². The highest BCUT2D eigenvalue weighted by molar-refractivity contribution is 5.86. The molecule has 1 unspecified atom stereocenters. The lowest BCUT2D eigenvalue weighted by Crippen LogP contribution is -2.34. The SMILES string of the molecule is CCN1CCCC(c2cccc3ccccc23)C1. The zero-order valence-electron chi connectivity index (χ0n) is 11.1. The smallest absolute Gasteiger partial charge is 0.00504 e. The van der Waals surface area contributed by atoms with Crippen molar-refractivity contribution in [2.45, 2.75) is 25.7 Å². The molecule has 3 rings (SSSR count). The van der Waals surface area contributed by atoms with E-state index < -0.39 is 0 Å². The summed E-state index contributed by atoms with van der Waals surface area (Å²) in [7, 11) is 0. The first-order valence-electron chi connectivity index (χ1n) is 7.08. The van der Waals surface area contributed by atoms with Crippen LogP contribution in [0.25, 0.3) is 10.8 Å². The summed E-state index contributed by atoms with van der Waals surface area (Å²) < 4.78 is 0. The molecule has 1 aliphatic heterocycles. The summed E-state index contributed by atoms with van der Waals surface area (Å²) in [6.07, 6.45) is 2.67. The number of fused-ring (bicyclic) bond motifs is 1. The lowest BCUT2D eigenvalue weighted by Gasteiger charge is -2.32. The minimum absolute atomic E-state index is 0.713. The third-order valence-corrected chi connectivity index (χ3v) is 4.22. The van der Waals surface area contributed by atoms with Gasteiger partial charge in [-0.1, -0.05) is 49.4 Å². The van der Waals surface area contributed by atoms with Gasteiger partial charge in [0.15, 0.2) is 0 Å². The van der Waals surface area contributed by atoms with Gasteiger partial charge in [0.05, 0.1) is 0 Å². The number of piperidine rings is 1. The Hall–Kier alpha value is -1.34. The minimum Gasteiger partial charge on any atom is -0.303 e. The first-order valence-corrected chi connectivity index (χ1v) is 7.08. The van der Waals surface area contributed by atoms with E-state index in [9.17, 15) is 0 Å². The average molecular weight is 239 g/mol. The van der Waals surface area contributed by atoms with Crippen molar-refractivity contribution in [3.63, 3.8) is 0 Å². The van der Waals surface area contributed by atoms with Crippen molar-refractivity contribution in [2.75, 3.05) is 19.6 Å². The van der Waals surface area contributed by atoms with Gasteiger partial charge in [0.25, 0.3) is 0 Å². The predicted octanol–water partition coefficient (Wildman–Crippen LogP) is 4.04. The van der Waals surface area contributed by atoms with Crippen LogP contribution < -0.4 is 0 Å². The van der Waals surface area contributed by atoms with E-state index in [4.69, 9.17) is 0 Å². The molecule has 1 nitrogen and oxygen atoms in total. The van der Waals surface area contributed by atoms with E-state index >= 15 is 0 Å². The van der Waals surface area contributed by atoms with Crippen LogP contribution in [0.5, 0.6) is 0 Å². The first-order chi connectivity index (χ1) is 8.88. The topological polar surface area (TPSA) is 3.24 Å². The second kappa shape index (κ2) is 5.11. The van der Waals surface area contributed by atoms with Crippen molar-refractivity contribution >= 4 is 10.8 Å². The summed E-state index contributed by atoms with van der Waals surface area (Å²) in [5.41, 5.74) is 1.55. The minimum atomic E-state index is 0.713. The van der Waals surface area contributed by atoms with Crippen LogP contribution >= 0.6 is 0 Å². The number of hydrogen-bond acceptors (Lipinski definition) is 1. The normalized spacial score (nSPS) is 21.3. The summed E-state index contributed by atoms with van der Waals surface area (Å²) in [6.45, 7) is 5.95. The van der Waals surface area contributed by atoms with Crippen LogP contribution in [-0.2, 0) is 0 Å². The Morgan fingerprint density at radius 1 is 1.11 bits per heavy atom. The number of likely N-dealkylation sites (tertiary alicyclic amines) is 1. The summed E-state index contributed by atoms with van der Waals surface area (Å²) >= 11 is 0. The van der Waals surface area contributed by atoms with Crippen LogP contribution in [0.1, 0.15) is 31.2 Å². The van der Waals surface area contributed by atoms with Gasteiger partial charge in [0, 0.05) is 6.54 Å². The van der Waals surface area contributed by atoms with Gasteiger partial charge in [-0.05, 0) is 48.2 Å². The summed E-state index contributed by atoms with van der Waals surface area (Å²) in [6, 6.07) is 15.5. The van der Waals surface area contributed by atoms with Crippen molar-refractivity contribution in [2.24, 2.45) is 0 Å². The molecule has 1 fully saturated rings. The molecular weight excluding hydrogens is 218 g/mol. The highest BCUT2D eigenvalue weighted by atomic mass is 15.1. The quantitative estimate of drug-likeness (QED) is 0.764. The molecule has 1 heterocycles. The Morgan fingerprint density at radius 3 is 2.83 bits per heavy atom. The Balaban J connectivity index is 1.98. The molecule has 18 heavy (non-hydrogen) atoms. The van der Waals surface area contributed by atoms with Crippen LogP contribution in [0, 0.1) is 0 Å². The maximum atomic E-state index is 2.58. The zero-order chi connectivity index (χ0) is 12.4. The number of nitrogens with zero attached hydrogens (tertiary/aromatic N) is 1. The Morgan fingerprint density at radius 2 is 1.94 bits per heavy atom. The van der Waals surface area contributed by atoms with Crippen molar-refractivity contribution in [1.82, 2.24) is 4.90 Å². The van der Waals surface area contributed by atoms with Gasteiger partial charge < -0.3 is 4.90 Å². The molecule has 2 aromatic rings. The lowest BCUT2D eigenvalue weighted by molar-refractivity contribution is 0.218. The fourth-order valence-corrected chi connectivity index (χ4v) is 3.20. The van der Waals surface area contributed by atoms with E-state index in [0.717, 1.165) is 0 Å². The Kier molecular flexibility index (Phi) is 3.33. The summed E-state index contributed by atoms with van der Waals surface area (Å²) in [5, 5.41) is 2.83. The molecule has 0 amide bonds. The van der Waals surface area contributed by atoms with Gasteiger partial charge in [0.2, 0.25) is 0 Å². The van der Waals surface area contributed by atoms with Gasteiger partial charge >= 0.3 is 0 Å². The Labute approximate surface area is 109 Å². The average Bonchev–Trinajstić information content (AvgIpc) is 2.47. The third kappa shape index (κ3) is 2.15. The van der Waals surface area contributed by atoms with E-state index in [1.165, 1.54) is 43.2 Å². The monoisotopic (exact) mass is 239 g/mol. The van der Waals surface area contributed by atoms with E-state index in [-0.39, 0.29) is 0 Å². The Bertz CT molecular complexity index is 527. The molecule has 0 spiro atoms. The molecule has 94 valence electrons. The third-order valence-electron chi connectivity index (χ3n) is 4.22. The number of rotatable bonds is 2. The molecule has 0 aliphatic carbocycles. The van der Waals surface area contributed by atoms with E-state index in [1.54, 1.807) is 5.56 Å². The molecule has 1 aliphatic rings. The summed E-state index contributed by atoms with van der Waals surface area (Å²) in [5.74, 6) is 0.713. The molecule has 0 N–H and O–H groups in total. The molecule has 0 aromatic heterocycles. The molecule has 0 bridgehead atoms. The van der Waals surface area contributed by atoms with Crippen molar-refractivity contribution in [3.8, 4) is 0 Å². The standard InChI is InChI=1S/C17H21N/c1-2-18-12-6-9-15(13-18)17-11-5-8-14-7-3-4-10-16(14)17/h3-5,7-8,10-11,15H,2,6,9,12-13H2,1H3. The second-order valence-corrected chi connectivity index (χ2v) is 5.30. The second-order valence-electron chi connectivity index (χ2n) is 5.30. The molecular formula is C17H21N. The molecule has 2 aromatic carbocycles. The first kappa shape index (κ1) is 11.7. The van der Waals surface area contributed by atoms with Gasteiger partial charge in [-0.2, -0.15) is 0 Å². The summed E-state index contributed by atoms with van der Waals surface area (Å²) in [4.78, 5) is 2.58. The largest absolute Gasteiger partial charge is 0.303 e. The van der Waals surface area contributed by atoms with Crippen molar-refractivity contribution in [3.05, 3.63) is 48.0 Å². The molecule has 1 atom stereocenters. The predicted molar refractivity (Wildman–Crippen MR) is 78.0 cm³/mol. The fraction of sp³-hybridized carbons (Fsp3) is 0.412. The van der Waals surface area contributed by atoms with E-state index in [1.807, 2.05) is 0 Å². The number of likely N-dealkylation sites (N-methyl/N-ethyl adjacent to an activating group) is 1. The highest BCUT2D eigenvalue weighted by Crippen LogP contribution is 2.31. The zero-order valence-corrected chi connectivity index (χ0v) is 11.1. The van der Waals surface area contributed by atoms with Crippen molar-refractivity contribution in [1.29, 1.82) is 0 Å². The van der Waals surface area contributed by atoms with Crippen LogP contribution in [0.4, 0.5) is 0 Å². The van der Waals surface area contributed by atoms with Crippen LogP contribution in [0.15, 0.2) is 42.5 Å². The molecule has 1 saturated heterocycles. The van der Waals surface area contributed by atoms with Gasteiger partial charge in [-0.25, -0.2) is 0 Å². The van der Waals surface area contributed by atoms with Gasteiger partial charge in [-0.3, -0.25) is 0 Å². The van der Waals surface area contributed by atoms with Crippen LogP contribution in [-0.4, -0.2) is 24.5 Å². The lowest BCUT2D eigenvalue weighted by atomic mass is 9.87. The molecule has 0 radical (unpaired) electrons. The van der Waals surface area contributed by atoms with Gasteiger partial charge in [0.1, 0.15) is 0 Å². The van der Waals surface area contributed by atoms with E-state index in [2.05, 4.69) is 54.3 Å². The number of hydrogen-bond donors (Lipinski definition) is 0.